The minimum Gasteiger partial charge on any atom is -0.384 e. The van der Waals surface area contributed by atoms with E-state index in [0.717, 1.165) is 5.56 Å². The standard InChI is InChI=1S/C16H19OP/c1-11-9-12(2)15(13(3)10-11)16(17)18-14-7-5-4-6-8-14/h4-10,16-18H,1-3H3. The molecule has 0 aliphatic heterocycles. The maximum atomic E-state index is 10.4. The van der Waals surface area contributed by atoms with Crippen molar-refractivity contribution < 1.29 is 5.11 Å². The van der Waals surface area contributed by atoms with Gasteiger partial charge in [0.25, 0.3) is 0 Å². The third-order valence-electron chi connectivity index (χ3n) is 3.09. The van der Waals surface area contributed by atoms with E-state index < -0.39 is 5.85 Å². The Morgan fingerprint density at radius 2 is 1.50 bits per heavy atom. The summed E-state index contributed by atoms with van der Waals surface area (Å²) in [7, 11) is 0.401. The van der Waals surface area contributed by atoms with Gasteiger partial charge >= 0.3 is 0 Å². The highest BCUT2D eigenvalue weighted by molar-refractivity contribution is 7.47. The quantitative estimate of drug-likeness (QED) is 0.834. The van der Waals surface area contributed by atoms with Crippen LogP contribution in [-0.2, 0) is 0 Å². The van der Waals surface area contributed by atoms with Crippen molar-refractivity contribution in [1.29, 1.82) is 0 Å². The van der Waals surface area contributed by atoms with Crippen LogP contribution in [0.5, 0.6) is 0 Å². The van der Waals surface area contributed by atoms with E-state index in [-0.39, 0.29) is 0 Å². The summed E-state index contributed by atoms with van der Waals surface area (Å²) in [5.74, 6) is -0.395. The molecule has 0 aromatic heterocycles. The monoisotopic (exact) mass is 258 g/mol. The molecule has 0 saturated carbocycles. The maximum absolute atomic E-state index is 10.4. The van der Waals surface area contributed by atoms with E-state index in [0.29, 0.717) is 8.58 Å². The first-order valence-corrected chi connectivity index (χ1v) is 7.23. The second-order valence-electron chi connectivity index (χ2n) is 4.73. The highest BCUT2D eigenvalue weighted by atomic mass is 31.1. The van der Waals surface area contributed by atoms with E-state index >= 15 is 0 Å². The van der Waals surface area contributed by atoms with Crippen LogP contribution in [0, 0.1) is 20.8 Å². The number of aliphatic hydroxyl groups excluding tert-OH is 1. The number of hydrogen-bond acceptors (Lipinski definition) is 1. The Hall–Kier alpha value is -1.17. The first kappa shape index (κ1) is 13.3. The van der Waals surface area contributed by atoms with Crippen LogP contribution in [0.4, 0.5) is 0 Å². The lowest BCUT2D eigenvalue weighted by molar-refractivity contribution is 0.266. The minimum absolute atomic E-state index is 0.395. The summed E-state index contributed by atoms with van der Waals surface area (Å²) in [5, 5.41) is 11.6. The lowest BCUT2D eigenvalue weighted by Gasteiger charge is -2.17. The third kappa shape index (κ3) is 2.98. The molecule has 0 heterocycles. The van der Waals surface area contributed by atoms with Crippen molar-refractivity contribution in [3.8, 4) is 0 Å². The van der Waals surface area contributed by atoms with Gasteiger partial charge in [0.05, 0.1) is 5.85 Å². The van der Waals surface area contributed by atoms with Crippen molar-refractivity contribution in [2.75, 3.05) is 0 Å². The molecule has 0 fully saturated rings. The van der Waals surface area contributed by atoms with Crippen LogP contribution in [0.25, 0.3) is 0 Å². The zero-order chi connectivity index (χ0) is 13.1. The largest absolute Gasteiger partial charge is 0.384 e. The van der Waals surface area contributed by atoms with Crippen LogP contribution >= 0.6 is 8.58 Å². The van der Waals surface area contributed by atoms with Crippen molar-refractivity contribution in [2.45, 2.75) is 26.6 Å². The fourth-order valence-corrected chi connectivity index (χ4v) is 3.69. The Balaban J connectivity index is 2.27. The van der Waals surface area contributed by atoms with Crippen molar-refractivity contribution in [2.24, 2.45) is 0 Å². The SMILES string of the molecule is Cc1cc(C)c(C(O)Pc2ccccc2)c(C)c1. The van der Waals surface area contributed by atoms with E-state index in [4.69, 9.17) is 0 Å². The van der Waals surface area contributed by atoms with Crippen LogP contribution in [0.2, 0.25) is 0 Å². The van der Waals surface area contributed by atoms with Gasteiger partial charge in [-0.25, -0.2) is 0 Å². The van der Waals surface area contributed by atoms with Crippen LogP contribution in [-0.4, -0.2) is 5.11 Å². The Labute approximate surface area is 111 Å². The molecule has 18 heavy (non-hydrogen) atoms. The molecule has 2 heteroatoms. The zero-order valence-corrected chi connectivity index (χ0v) is 12.1. The summed E-state index contributed by atoms with van der Waals surface area (Å²) in [6.45, 7) is 6.25. The molecular formula is C16H19OP. The number of hydrogen-bond donors (Lipinski definition) is 1. The normalized spacial score (nSPS) is 13.1. The van der Waals surface area contributed by atoms with Crippen LogP contribution < -0.4 is 5.30 Å². The number of benzene rings is 2. The van der Waals surface area contributed by atoms with Crippen molar-refractivity contribution in [3.63, 3.8) is 0 Å². The molecule has 0 aliphatic rings. The molecule has 1 N–H and O–H groups in total. The van der Waals surface area contributed by atoms with E-state index in [1.165, 1.54) is 22.0 Å². The Bertz CT molecular complexity index is 511. The highest BCUT2D eigenvalue weighted by Gasteiger charge is 2.14. The summed E-state index contributed by atoms with van der Waals surface area (Å²) in [4.78, 5) is 0. The van der Waals surface area contributed by atoms with Gasteiger partial charge in [0, 0.05) is 0 Å². The Morgan fingerprint density at radius 3 is 2.06 bits per heavy atom. The summed E-state index contributed by atoms with van der Waals surface area (Å²) >= 11 is 0. The minimum atomic E-state index is -0.395. The van der Waals surface area contributed by atoms with Gasteiger partial charge < -0.3 is 5.11 Å². The first-order valence-electron chi connectivity index (χ1n) is 6.15. The third-order valence-corrected chi connectivity index (χ3v) is 4.32. The molecule has 1 nitrogen and oxygen atoms in total. The molecule has 0 aliphatic carbocycles. The topological polar surface area (TPSA) is 20.2 Å². The molecule has 94 valence electrons. The van der Waals surface area contributed by atoms with Gasteiger partial charge in [0.15, 0.2) is 0 Å². The van der Waals surface area contributed by atoms with Crippen molar-refractivity contribution in [3.05, 3.63) is 64.7 Å². The molecule has 2 aromatic carbocycles. The van der Waals surface area contributed by atoms with E-state index in [2.05, 4.69) is 45.0 Å². The molecule has 0 amide bonds. The lowest BCUT2D eigenvalue weighted by Crippen LogP contribution is -2.03. The summed E-state index contributed by atoms with van der Waals surface area (Å²) in [5.41, 5.74) is 4.71. The van der Waals surface area contributed by atoms with Crippen LogP contribution in [0.1, 0.15) is 28.1 Å². The van der Waals surface area contributed by atoms with Gasteiger partial charge in [-0.15, -0.1) is 0 Å². The number of aryl methyl sites for hydroxylation is 3. The molecule has 2 unspecified atom stereocenters. The van der Waals surface area contributed by atoms with Crippen LogP contribution in [0.15, 0.2) is 42.5 Å². The average Bonchev–Trinajstić information content (AvgIpc) is 2.28. The Morgan fingerprint density at radius 1 is 0.944 bits per heavy atom. The molecule has 0 spiro atoms. The van der Waals surface area contributed by atoms with Crippen LogP contribution in [0.3, 0.4) is 0 Å². The average molecular weight is 258 g/mol. The fourth-order valence-electron chi connectivity index (χ4n) is 2.39. The maximum Gasteiger partial charge on any atom is 0.0996 e. The van der Waals surface area contributed by atoms with Gasteiger partial charge in [0.1, 0.15) is 0 Å². The summed E-state index contributed by atoms with van der Waals surface area (Å²) < 4.78 is 0. The van der Waals surface area contributed by atoms with Crippen molar-refractivity contribution in [1.82, 2.24) is 0 Å². The molecule has 2 atom stereocenters. The van der Waals surface area contributed by atoms with E-state index in [9.17, 15) is 5.11 Å². The smallest absolute Gasteiger partial charge is 0.0996 e. The van der Waals surface area contributed by atoms with Gasteiger partial charge in [0.2, 0.25) is 0 Å². The molecule has 0 bridgehead atoms. The molecule has 2 rings (SSSR count). The fraction of sp³-hybridized carbons (Fsp3) is 0.250. The number of aliphatic hydroxyl groups is 1. The Kier molecular flexibility index (Phi) is 4.16. The number of rotatable bonds is 3. The van der Waals surface area contributed by atoms with E-state index in [1.807, 2.05) is 18.2 Å². The molecule has 0 saturated heterocycles. The molecular weight excluding hydrogens is 239 g/mol. The molecule has 2 aromatic rings. The predicted molar refractivity (Wildman–Crippen MR) is 80.0 cm³/mol. The first-order chi connectivity index (χ1) is 8.58. The van der Waals surface area contributed by atoms with Gasteiger partial charge in [-0.3, -0.25) is 0 Å². The van der Waals surface area contributed by atoms with Crippen molar-refractivity contribution >= 4 is 13.9 Å². The second kappa shape index (κ2) is 5.65. The zero-order valence-electron chi connectivity index (χ0n) is 11.1. The summed E-state index contributed by atoms with van der Waals surface area (Å²) in [6.07, 6.45) is 0. The summed E-state index contributed by atoms with van der Waals surface area (Å²) in [6, 6.07) is 14.5. The van der Waals surface area contributed by atoms with Gasteiger partial charge in [-0.2, -0.15) is 0 Å². The second-order valence-corrected chi connectivity index (χ2v) is 6.14. The van der Waals surface area contributed by atoms with E-state index in [1.54, 1.807) is 0 Å². The highest BCUT2D eigenvalue weighted by Crippen LogP contribution is 2.35. The van der Waals surface area contributed by atoms with Gasteiger partial charge in [-0.05, 0) is 42.8 Å². The van der Waals surface area contributed by atoms with Gasteiger partial charge in [-0.1, -0.05) is 56.6 Å². The predicted octanol–water partition coefficient (Wildman–Crippen LogP) is 3.61. The molecule has 0 radical (unpaired) electrons. The lowest BCUT2D eigenvalue weighted by atomic mass is 10.0.